The van der Waals surface area contributed by atoms with E-state index in [1.165, 1.54) is 12.8 Å². The van der Waals surface area contributed by atoms with Crippen molar-refractivity contribution in [1.82, 2.24) is 9.97 Å². The molecule has 0 radical (unpaired) electrons. The summed E-state index contributed by atoms with van der Waals surface area (Å²) >= 11 is 0. The molecule has 0 amide bonds. The Morgan fingerprint density at radius 2 is 2.40 bits per heavy atom. The molecule has 2 rings (SSSR count). The number of rotatable bonds is 2. The lowest BCUT2D eigenvalue weighted by atomic mass is 10.2. The predicted molar refractivity (Wildman–Crippen MR) is 60.7 cm³/mol. The summed E-state index contributed by atoms with van der Waals surface area (Å²) in [7, 11) is 0. The molecule has 0 aromatic carbocycles. The third-order valence-corrected chi connectivity index (χ3v) is 3.10. The van der Waals surface area contributed by atoms with Crippen LogP contribution in [0.3, 0.4) is 0 Å². The lowest BCUT2D eigenvalue weighted by Crippen LogP contribution is -2.28. The Bertz CT molecular complexity index is 350. The first-order chi connectivity index (χ1) is 7.22. The van der Waals surface area contributed by atoms with Gasteiger partial charge in [-0.25, -0.2) is 9.97 Å². The van der Waals surface area contributed by atoms with Crippen LogP contribution in [-0.2, 0) is 6.54 Å². The summed E-state index contributed by atoms with van der Waals surface area (Å²) in [6.07, 6.45) is 4.33. The summed E-state index contributed by atoms with van der Waals surface area (Å²) in [6.45, 7) is 5.81. The molecule has 2 heterocycles. The molecule has 0 aliphatic carbocycles. The fraction of sp³-hybridized carbons (Fsp3) is 0.636. The molecule has 1 aliphatic rings. The highest BCUT2D eigenvalue weighted by molar-refractivity contribution is 5.35. The van der Waals surface area contributed by atoms with Crippen molar-refractivity contribution in [3.63, 3.8) is 0 Å². The highest BCUT2D eigenvalue weighted by Gasteiger charge is 2.22. The molecule has 0 bridgehead atoms. The normalized spacial score (nSPS) is 21.0. The number of nitrogens with two attached hydrogens (primary N) is 1. The van der Waals surface area contributed by atoms with Gasteiger partial charge in [0, 0.05) is 36.6 Å². The van der Waals surface area contributed by atoms with Crippen LogP contribution in [0.4, 0.5) is 5.95 Å². The van der Waals surface area contributed by atoms with E-state index in [1.54, 1.807) is 0 Å². The summed E-state index contributed by atoms with van der Waals surface area (Å²) in [5.74, 6) is 0.856. The minimum absolute atomic E-state index is 0.516. The van der Waals surface area contributed by atoms with E-state index in [4.69, 9.17) is 5.73 Å². The van der Waals surface area contributed by atoms with Gasteiger partial charge in [-0.3, -0.25) is 0 Å². The van der Waals surface area contributed by atoms with Gasteiger partial charge in [0.25, 0.3) is 0 Å². The Hall–Kier alpha value is -1.16. The number of aryl methyl sites for hydroxylation is 1. The van der Waals surface area contributed by atoms with Crippen molar-refractivity contribution in [2.45, 2.75) is 39.3 Å². The number of hydrogen-bond acceptors (Lipinski definition) is 4. The van der Waals surface area contributed by atoms with Crippen LogP contribution in [0.5, 0.6) is 0 Å². The molecule has 1 atom stereocenters. The Morgan fingerprint density at radius 3 is 2.93 bits per heavy atom. The van der Waals surface area contributed by atoms with Gasteiger partial charge in [-0.1, -0.05) is 0 Å². The maximum absolute atomic E-state index is 5.59. The van der Waals surface area contributed by atoms with E-state index >= 15 is 0 Å². The van der Waals surface area contributed by atoms with Gasteiger partial charge < -0.3 is 10.6 Å². The molecule has 4 heteroatoms. The topological polar surface area (TPSA) is 55.0 Å². The van der Waals surface area contributed by atoms with E-state index in [2.05, 4.69) is 21.8 Å². The third-order valence-electron chi connectivity index (χ3n) is 3.10. The molecule has 1 fully saturated rings. The van der Waals surface area contributed by atoms with Crippen molar-refractivity contribution < 1.29 is 0 Å². The minimum Gasteiger partial charge on any atom is -0.338 e. The van der Waals surface area contributed by atoms with Gasteiger partial charge in [-0.05, 0) is 26.7 Å². The maximum atomic E-state index is 5.59. The van der Waals surface area contributed by atoms with E-state index in [-0.39, 0.29) is 0 Å². The molecule has 1 aromatic rings. The Labute approximate surface area is 90.5 Å². The highest BCUT2D eigenvalue weighted by Crippen LogP contribution is 2.22. The average molecular weight is 206 g/mol. The van der Waals surface area contributed by atoms with Crippen LogP contribution >= 0.6 is 0 Å². The van der Waals surface area contributed by atoms with Crippen LogP contribution in [0.1, 0.15) is 31.0 Å². The Kier molecular flexibility index (Phi) is 2.86. The van der Waals surface area contributed by atoms with Crippen LogP contribution < -0.4 is 10.6 Å². The lowest BCUT2D eigenvalue weighted by Gasteiger charge is -2.21. The monoisotopic (exact) mass is 206 g/mol. The molecule has 82 valence electrons. The number of aromatic nitrogens is 2. The van der Waals surface area contributed by atoms with Crippen LogP contribution in [0, 0.1) is 6.92 Å². The second kappa shape index (κ2) is 4.14. The summed E-state index contributed by atoms with van der Waals surface area (Å²) in [5, 5.41) is 0. The second-order valence-corrected chi connectivity index (χ2v) is 4.17. The van der Waals surface area contributed by atoms with Gasteiger partial charge in [0.05, 0.1) is 0 Å². The number of anilines is 1. The Balaban J connectivity index is 2.25. The average Bonchev–Trinajstić information content (AvgIpc) is 2.64. The van der Waals surface area contributed by atoms with E-state index in [9.17, 15) is 0 Å². The standard InChI is InChI=1S/C11H18N4/c1-8-4-3-5-15(8)11-13-7-10(6-12)9(2)14-11/h7-8H,3-6,12H2,1-2H3. The molecular formula is C11H18N4. The first kappa shape index (κ1) is 10.4. The van der Waals surface area contributed by atoms with Crippen molar-refractivity contribution >= 4 is 5.95 Å². The quantitative estimate of drug-likeness (QED) is 0.790. The van der Waals surface area contributed by atoms with Crippen molar-refractivity contribution in [3.8, 4) is 0 Å². The van der Waals surface area contributed by atoms with Gasteiger partial charge in [-0.15, -0.1) is 0 Å². The van der Waals surface area contributed by atoms with Gasteiger partial charge in [0.1, 0.15) is 0 Å². The fourth-order valence-electron chi connectivity index (χ4n) is 2.05. The lowest BCUT2D eigenvalue weighted by molar-refractivity contribution is 0.713. The van der Waals surface area contributed by atoms with Crippen molar-refractivity contribution in [1.29, 1.82) is 0 Å². The molecule has 1 unspecified atom stereocenters. The summed E-state index contributed by atoms with van der Waals surface area (Å²) in [5.41, 5.74) is 7.62. The maximum Gasteiger partial charge on any atom is 0.225 e. The molecule has 2 N–H and O–H groups in total. The van der Waals surface area contributed by atoms with E-state index in [0.29, 0.717) is 12.6 Å². The predicted octanol–water partition coefficient (Wildman–Crippen LogP) is 1.23. The van der Waals surface area contributed by atoms with Gasteiger partial charge in [-0.2, -0.15) is 0 Å². The third kappa shape index (κ3) is 1.95. The van der Waals surface area contributed by atoms with Crippen molar-refractivity contribution in [3.05, 3.63) is 17.5 Å². The molecule has 0 spiro atoms. The largest absolute Gasteiger partial charge is 0.338 e. The van der Waals surface area contributed by atoms with Crippen molar-refractivity contribution in [2.24, 2.45) is 5.73 Å². The van der Waals surface area contributed by atoms with Crippen LogP contribution in [0.2, 0.25) is 0 Å². The minimum atomic E-state index is 0.516. The molecule has 1 aromatic heterocycles. The van der Waals surface area contributed by atoms with Crippen LogP contribution in [0.25, 0.3) is 0 Å². The van der Waals surface area contributed by atoms with Gasteiger partial charge >= 0.3 is 0 Å². The SMILES string of the molecule is Cc1nc(N2CCCC2C)ncc1CN. The van der Waals surface area contributed by atoms with E-state index in [0.717, 1.165) is 23.8 Å². The van der Waals surface area contributed by atoms with Crippen molar-refractivity contribution in [2.75, 3.05) is 11.4 Å². The van der Waals surface area contributed by atoms with E-state index in [1.807, 2.05) is 13.1 Å². The zero-order valence-corrected chi connectivity index (χ0v) is 9.40. The number of hydrogen-bond donors (Lipinski definition) is 1. The molecule has 4 nitrogen and oxygen atoms in total. The fourth-order valence-corrected chi connectivity index (χ4v) is 2.05. The summed E-state index contributed by atoms with van der Waals surface area (Å²) < 4.78 is 0. The molecule has 1 saturated heterocycles. The summed E-state index contributed by atoms with van der Waals surface area (Å²) in [4.78, 5) is 11.2. The first-order valence-electron chi connectivity index (χ1n) is 5.51. The molecule has 15 heavy (non-hydrogen) atoms. The first-order valence-corrected chi connectivity index (χ1v) is 5.51. The molecule has 1 aliphatic heterocycles. The van der Waals surface area contributed by atoms with Gasteiger partial charge in [0.2, 0.25) is 5.95 Å². The van der Waals surface area contributed by atoms with E-state index < -0.39 is 0 Å². The van der Waals surface area contributed by atoms with Gasteiger partial charge in [0.15, 0.2) is 0 Å². The van der Waals surface area contributed by atoms with Crippen LogP contribution in [-0.4, -0.2) is 22.6 Å². The number of nitrogens with zero attached hydrogens (tertiary/aromatic N) is 3. The molecular weight excluding hydrogens is 188 g/mol. The smallest absolute Gasteiger partial charge is 0.225 e. The Morgan fingerprint density at radius 1 is 1.60 bits per heavy atom. The zero-order chi connectivity index (χ0) is 10.8. The summed E-state index contributed by atoms with van der Waals surface area (Å²) in [6, 6.07) is 0.563. The van der Waals surface area contributed by atoms with Crippen LogP contribution in [0.15, 0.2) is 6.20 Å². The zero-order valence-electron chi connectivity index (χ0n) is 9.40. The highest BCUT2D eigenvalue weighted by atomic mass is 15.3. The molecule has 0 saturated carbocycles. The second-order valence-electron chi connectivity index (χ2n) is 4.17.